The molecule has 8 nitrogen and oxygen atoms in total. The lowest BCUT2D eigenvalue weighted by Crippen LogP contribution is -2.45. The Morgan fingerprint density at radius 1 is 1.21 bits per heavy atom. The van der Waals surface area contributed by atoms with Gasteiger partial charge in [-0.15, -0.1) is 0 Å². The van der Waals surface area contributed by atoms with Gasteiger partial charge < -0.3 is 15.1 Å². The maximum atomic E-state index is 11.3. The van der Waals surface area contributed by atoms with Gasteiger partial charge in [0.05, 0.1) is 11.7 Å². The van der Waals surface area contributed by atoms with Gasteiger partial charge in [-0.05, 0) is 0 Å². The largest absolute Gasteiger partial charge is 0.465 e. The Balaban J connectivity index is 2.02. The molecular weight excluding hydrogens is 252 g/mol. The van der Waals surface area contributed by atoms with E-state index < -0.39 is 18.2 Å². The number of carbonyl (C=O) groups is 2. The number of nitrogens with one attached hydrogen (secondary N) is 1. The number of hydrogen-bond acceptors (Lipinski definition) is 3. The van der Waals surface area contributed by atoms with Crippen LogP contribution < -0.4 is 0 Å². The van der Waals surface area contributed by atoms with Crippen molar-refractivity contribution in [2.75, 3.05) is 19.6 Å². The van der Waals surface area contributed by atoms with Gasteiger partial charge >= 0.3 is 12.2 Å². The second-order valence-corrected chi connectivity index (χ2v) is 4.78. The van der Waals surface area contributed by atoms with Crippen molar-refractivity contribution in [1.82, 2.24) is 20.0 Å². The zero-order valence-electron chi connectivity index (χ0n) is 10.2. The van der Waals surface area contributed by atoms with Crippen molar-refractivity contribution in [3.8, 4) is 0 Å². The van der Waals surface area contributed by atoms with E-state index >= 15 is 0 Å². The van der Waals surface area contributed by atoms with Gasteiger partial charge in [0.15, 0.2) is 0 Å². The molecule has 1 atom stereocenters. The molecule has 1 aromatic rings. The Labute approximate surface area is 108 Å². The summed E-state index contributed by atoms with van der Waals surface area (Å²) in [5.41, 5.74) is 2.59. The van der Waals surface area contributed by atoms with Crippen molar-refractivity contribution in [3.63, 3.8) is 0 Å². The number of aromatic amines is 1. The van der Waals surface area contributed by atoms with Crippen molar-refractivity contribution >= 4 is 12.2 Å². The summed E-state index contributed by atoms with van der Waals surface area (Å²) in [5, 5.41) is 25.5. The molecule has 1 aromatic heterocycles. The zero-order chi connectivity index (χ0) is 13.6. The number of aromatic nitrogens is 2. The van der Waals surface area contributed by atoms with E-state index in [2.05, 4.69) is 10.2 Å². The second-order valence-electron chi connectivity index (χ2n) is 4.78. The van der Waals surface area contributed by atoms with Crippen molar-refractivity contribution < 1.29 is 19.8 Å². The first-order chi connectivity index (χ1) is 9.08. The molecule has 0 bridgehead atoms. The van der Waals surface area contributed by atoms with E-state index in [1.165, 1.54) is 9.80 Å². The number of hydrogen-bond donors (Lipinski definition) is 3. The zero-order valence-corrected chi connectivity index (χ0v) is 10.2. The molecule has 3 N–H and O–H groups in total. The monoisotopic (exact) mass is 266 g/mol. The molecule has 3 heterocycles. The van der Waals surface area contributed by atoms with E-state index in [0.717, 1.165) is 17.0 Å². The topological polar surface area (TPSA) is 110 Å². The minimum Gasteiger partial charge on any atom is -0.465 e. The lowest BCUT2D eigenvalue weighted by molar-refractivity contribution is 0.0965. The first kappa shape index (κ1) is 11.8. The van der Waals surface area contributed by atoms with Gasteiger partial charge in [-0.2, -0.15) is 5.10 Å². The highest BCUT2D eigenvalue weighted by Crippen LogP contribution is 2.34. The molecule has 2 amide bonds. The molecule has 0 radical (unpaired) electrons. The molecule has 0 saturated carbocycles. The molecule has 1 unspecified atom stereocenters. The van der Waals surface area contributed by atoms with Crippen LogP contribution in [0.1, 0.15) is 23.0 Å². The molecule has 2 aliphatic heterocycles. The van der Waals surface area contributed by atoms with Crippen LogP contribution in [0.4, 0.5) is 9.59 Å². The third-order valence-electron chi connectivity index (χ3n) is 3.80. The Hall–Kier alpha value is -2.25. The summed E-state index contributed by atoms with van der Waals surface area (Å²) in [6, 6.07) is -0.450. The molecule has 102 valence electrons. The summed E-state index contributed by atoms with van der Waals surface area (Å²) in [5.74, 6) is 0. The van der Waals surface area contributed by atoms with Crippen molar-refractivity contribution in [1.29, 1.82) is 0 Å². The standard InChI is InChI=1S/C11H14N4O4/c16-10(17)14-3-1-6-9-7(13-12-6)2-4-15(11(18)19)8(9)5-14/h8H,1-5H2,(H,12,13)(H,16,17)(H,18,19). The SMILES string of the molecule is O=C(O)N1CCc2n[nH]c3c2C(C1)N(C(=O)O)CC3. The van der Waals surface area contributed by atoms with Crippen molar-refractivity contribution in [2.24, 2.45) is 0 Å². The maximum absolute atomic E-state index is 11.3. The molecule has 0 spiro atoms. The summed E-state index contributed by atoms with van der Waals surface area (Å²) in [7, 11) is 0. The van der Waals surface area contributed by atoms with Gasteiger partial charge in [-0.25, -0.2) is 9.59 Å². The van der Waals surface area contributed by atoms with Crippen LogP contribution in [0.25, 0.3) is 0 Å². The normalized spacial score (nSPS) is 21.8. The Morgan fingerprint density at radius 3 is 2.68 bits per heavy atom. The first-order valence-electron chi connectivity index (χ1n) is 6.11. The van der Waals surface area contributed by atoms with Crippen LogP contribution in [-0.4, -0.2) is 62.0 Å². The smallest absolute Gasteiger partial charge is 0.407 e. The molecule has 0 fully saturated rings. The van der Waals surface area contributed by atoms with Crippen molar-refractivity contribution in [3.05, 3.63) is 17.0 Å². The van der Waals surface area contributed by atoms with E-state index in [1.54, 1.807) is 0 Å². The Kier molecular flexibility index (Phi) is 2.58. The van der Waals surface area contributed by atoms with Gasteiger partial charge in [0.25, 0.3) is 0 Å². The predicted molar refractivity (Wildman–Crippen MR) is 63.1 cm³/mol. The van der Waals surface area contributed by atoms with E-state index in [9.17, 15) is 14.7 Å². The maximum Gasteiger partial charge on any atom is 0.407 e. The van der Waals surface area contributed by atoms with Gasteiger partial charge in [0.1, 0.15) is 0 Å². The van der Waals surface area contributed by atoms with Crippen LogP contribution >= 0.6 is 0 Å². The van der Waals surface area contributed by atoms with Gasteiger partial charge in [0, 0.05) is 43.7 Å². The second kappa shape index (κ2) is 4.15. The Bertz CT molecular complexity index is 541. The highest BCUT2D eigenvalue weighted by molar-refractivity contribution is 5.68. The third-order valence-corrected chi connectivity index (χ3v) is 3.80. The van der Waals surface area contributed by atoms with Crippen LogP contribution in [0.3, 0.4) is 0 Å². The van der Waals surface area contributed by atoms with Crippen LogP contribution in [-0.2, 0) is 12.8 Å². The molecule has 0 saturated heterocycles. The minimum atomic E-state index is -1.02. The summed E-state index contributed by atoms with van der Waals surface area (Å²) < 4.78 is 0. The highest BCUT2D eigenvalue weighted by atomic mass is 16.4. The summed E-state index contributed by atoms with van der Waals surface area (Å²) in [6.07, 6.45) is -0.929. The number of amides is 2. The van der Waals surface area contributed by atoms with Gasteiger partial charge in [0.2, 0.25) is 0 Å². The van der Waals surface area contributed by atoms with E-state index in [-0.39, 0.29) is 6.54 Å². The molecule has 3 rings (SSSR count). The van der Waals surface area contributed by atoms with Crippen molar-refractivity contribution in [2.45, 2.75) is 18.9 Å². The van der Waals surface area contributed by atoms with Crippen LogP contribution in [0.15, 0.2) is 0 Å². The molecular formula is C11H14N4O4. The fraction of sp³-hybridized carbons (Fsp3) is 0.545. The number of nitrogens with zero attached hydrogens (tertiary/aromatic N) is 3. The van der Waals surface area contributed by atoms with Gasteiger partial charge in [-0.1, -0.05) is 0 Å². The number of H-pyrrole nitrogens is 1. The average Bonchev–Trinajstić information content (AvgIpc) is 2.66. The minimum absolute atomic E-state index is 0.168. The lowest BCUT2D eigenvalue weighted by Gasteiger charge is -2.34. The number of carboxylic acid groups (broad SMARTS) is 2. The summed E-state index contributed by atoms with van der Waals surface area (Å²) in [6.45, 7) is 0.875. The highest BCUT2D eigenvalue weighted by Gasteiger charge is 2.38. The van der Waals surface area contributed by atoms with E-state index in [1.807, 2.05) is 0 Å². The fourth-order valence-corrected chi connectivity index (χ4v) is 2.88. The van der Waals surface area contributed by atoms with Crippen LogP contribution in [0, 0.1) is 0 Å². The Morgan fingerprint density at radius 2 is 2.00 bits per heavy atom. The summed E-state index contributed by atoms with van der Waals surface area (Å²) >= 11 is 0. The molecule has 19 heavy (non-hydrogen) atoms. The van der Waals surface area contributed by atoms with E-state index in [0.29, 0.717) is 25.9 Å². The molecule has 0 aromatic carbocycles. The average molecular weight is 266 g/mol. The van der Waals surface area contributed by atoms with Crippen LogP contribution in [0.2, 0.25) is 0 Å². The first-order valence-corrected chi connectivity index (χ1v) is 6.11. The summed E-state index contributed by atoms with van der Waals surface area (Å²) in [4.78, 5) is 25.0. The number of rotatable bonds is 0. The quantitative estimate of drug-likeness (QED) is 0.634. The van der Waals surface area contributed by atoms with Crippen LogP contribution in [0.5, 0.6) is 0 Å². The molecule has 8 heteroatoms. The van der Waals surface area contributed by atoms with E-state index in [4.69, 9.17) is 5.11 Å². The lowest BCUT2D eigenvalue weighted by atomic mass is 9.96. The molecule has 2 aliphatic rings. The predicted octanol–water partition coefficient (Wildman–Crippen LogP) is 0.523. The van der Waals surface area contributed by atoms with Gasteiger partial charge in [-0.3, -0.25) is 10.00 Å². The fourth-order valence-electron chi connectivity index (χ4n) is 2.88. The molecule has 0 aliphatic carbocycles. The third kappa shape index (κ3) is 1.79.